The maximum absolute atomic E-state index is 5.82. The maximum Gasteiger partial charge on any atom is 0.0337 e. The zero-order valence-electron chi connectivity index (χ0n) is 10.6. The van der Waals surface area contributed by atoms with Crippen molar-refractivity contribution in [3.63, 3.8) is 0 Å². The van der Waals surface area contributed by atoms with Gasteiger partial charge in [-0.25, -0.2) is 0 Å². The van der Waals surface area contributed by atoms with Gasteiger partial charge < -0.3 is 0 Å². The minimum absolute atomic E-state index is 0.113. The Kier molecular flexibility index (Phi) is 5.97. The first-order valence-corrected chi connectivity index (χ1v) is 5.90. The molecule has 0 nitrogen and oxygen atoms in total. The van der Waals surface area contributed by atoms with E-state index < -0.39 is 0 Å². The van der Waals surface area contributed by atoms with Gasteiger partial charge in [0, 0.05) is 5.03 Å². The molecule has 0 fully saturated rings. The molecule has 0 radical (unpaired) electrons. The van der Waals surface area contributed by atoms with Crippen LogP contribution in [0.3, 0.4) is 0 Å². The molecule has 0 N–H and O–H groups in total. The summed E-state index contributed by atoms with van der Waals surface area (Å²) in [5.41, 5.74) is 1.34. The largest absolute Gasteiger partial charge is 0.0850 e. The average Bonchev–Trinajstić information content (AvgIpc) is 2.09. The molecule has 0 spiro atoms. The highest BCUT2D eigenvalue weighted by atomic mass is 35.5. The van der Waals surface area contributed by atoms with E-state index in [1.807, 2.05) is 6.08 Å². The van der Waals surface area contributed by atoms with Gasteiger partial charge in [0.15, 0.2) is 0 Å². The van der Waals surface area contributed by atoms with Crippen molar-refractivity contribution in [2.24, 2.45) is 11.3 Å². The topological polar surface area (TPSA) is 0 Å². The van der Waals surface area contributed by atoms with Crippen LogP contribution in [0.2, 0.25) is 0 Å². The third kappa shape index (κ3) is 6.57. The van der Waals surface area contributed by atoms with E-state index >= 15 is 0 Å². The summed E-state index contributed by atoms with van der Waals surface area (Å²) in [7, 11) is 0. The van der Waals surface area contributed by atoms with Crippen LogP contribution in [-0.4, -0.2) is 0 Å². The van der Waals surface area contributed by atoms with Gasteiger partial charge in [-0.2, -0.15) is 0 Å². The van der Waals surface area contributed by atoms with Gasteiger partial charge in [-0.3, -0.25) is 0 Å². The molecule has 0 bridgehead atoms. The molecule has 0 aromatic carbocycles. The van der Waals surface area contributed by atoms with Crippen molar-refractivity contribution in [3.05, 3.63) is 35.4 Å². The van der Waals surface area contributed by atoms with Crippen LogP contribution in [0.25, 0.3) is 0 Å². The molecule has 0 aromatic heterocycles. The van der Waals surface area contributed by atoms with Crippen LogP contribution in [0.5, 0.6) is 0 Å². The third-order valence-electron chi connectivity index (χ3n) is 2.43. The van der Waals surface area contributed by atoms with Crippen LogP contribution in [-0.2, 0) is 0 Å². The monoisotopic (exact) mass is 226 g/mol. The lowest BCUT2D eigenvalue weighted by Crippen LogP contribution is -2.07. The summed E-state index contributed by atoms with van der Waals surface area (Å²) in [6.45, 7) is 14.7. The van der Waals surface area contributed by atoms with Crippen LogP contribution >= 0.6 is 11.6 Å². The maximum atomic E-state index is 5.82. The SMILES string of the molecule is C=C(Cl)/C=C(\C=C/C(C)CC)C(C)(C)C. The highest BCUT2D eigenvalue weighted by Gasteiger charge is 2.14. The fourth-order valence-electron chi connectivity index (χ4n) is 1.09. The van der Waals surface area contributed by atoms with E-state index in [-0.39, 0.29) is 5.41 Å². The summed E-state index contributed by atoms with van der Waals surface area (Å²) in [5, 5.41) is 0.591. The van der Waals surface area contributed by atoms with E-state index in [1.165, 1.54) is 5.57 Å². The Labute approximate surface area is 99.7 Å². The molecule has 0 saturated carbocycles. The van der Waals surface area contributed by atoms with E-state index in [0.29, 0.717) is 11.0 Å². The summed E-state index contributed by atoms with van der Waals surface area (Å²) in [4.78, 5) is 0. The van der Waals surface area contributed by atoms with Crippen molar-refractivity contribution in [2.45, 2.75) is 41.0 Å². The molecule has 1 atom stereocenters. The first-order chi connectivity index (χ1) is 6.77. The fourth-order valence-corrected chi connectivity index (χ4v) is 1.20. The van der Waals surface area contributed by atoms with E-state index in [1.54, 1.807) is 0 Å². The Morgan fingerprint density at radius 2 is 1.93 bits per heavy atom. The van der Waals surface area contributed by atoms with Gasteiger partial charge in [0.1, 0.15) is 0 Å². The minimum atomic E-state index is 0.113. The lowest BCUT2D eigenvalue weighted by Gasteiger charge is -2.20. The Morgan fingerprint density at radius 3 is 2.27 bits per heavy atom. The standard InChI is InChI=1S/C14H23Cl/c1-7-11(2)8-9-13(10-12(3)15)14(4,5)6/h8-11H,3,7H2,1-2,4-6H3/b9-8-,13-10+. The first kappa shape index (κ1) is 14.5. The van der Waals surface area contributed by atoms with E-state index in [9.17, 15) is 0 Å². The van der Waals surface area contributed by atoms with Gasteiger partial charge in [-0.1, -0.05) is 71.4 Å². The Hall–Kier alpha value is -0.490. The predicted molar refractivity (Wildman–Crippen MR) is 71.1 cm³/mol. The van der Waals surface area contributed by atoms with Gasteiger partial charge in [0.05, 0.1) is 0 Å². The van der Waals surface area contributed by atoms with Crippen LogP contribution in [0.4, 0.5) is 0 Å². The molecule has 0 aliphatic heterocycles. The Bertz CT molecular complexity index is 264. The predicted octanol–water partition coefficient (Wildman–Crippen LogP) is 5.31. The molecule has 0 aliphatic carbocycles. The number of rotatable bonds is 4. The summed E-state index contributed by atoms with van der Waals surface area (Å²) in [6.07, 6.45) is 7.51. The van der Waals surface area contributed by atoms with Gasteiger partial charge >= 0.3 is 0 Å². The summed E-state index contributed by atoms with van der Waals surface area (Å²) in [6, 6.07) is 0. The molecule has 15 heavy (non-hydrogen) atoms. The fraction of sp³-hybridized carbons (Fsp3) is 0.571. The van der Waals surface area contributed by atoms with Crippen LogP contribution in [0.15, 0.2) is 35.4 Å². The summed E-state index contributed by atoms with van der Waals surface area (Å²) >= 11 is 5.82. The Balaban J connectivity index is 4.84. The molecule has 1 unspecified atom stereocenters. The summed E-state index contributed by atoms with van der Waals surface area (Å²) in [5.74, 6) is 0.611. The molecule has 0 amide bonds. The van der Waals surface area contributed by atoms with Crippen molar-refractivity contribution >= 4 is 11.6 Å². The molecule has 1 heteroatoms. The van der Waals surface area contributed by atoms with Crippen molar-refractivity contribution in [1.82, 2.24) is 0 Å². The highest BCUT2D eigenvalue weighted by molar-refractivity contribution is 6.30. The van der Waals surface area contributed by atoms with Gasteiger partial charge in [-0.15, -0.1) is 0 Å². The van der Waals surface area contributed by atoms with E-state index in [0.717, 1.165) is 6.42 Å². The summed E-state index contributed by atoms with van der Waals surface area (Å²) < 4.78 is 0. The van der Waals surface area contributed by atoms with Crippen LogP contribution in [0.1, 0.15) is 41.0 Å². The first-order valence-electron chi connectivity index (χ1n) is 5.52. The molecular formula is C14H23Cl. The molecule has 0 aliphatic rings. The van der Waals surface area contributed by atoms with Crippen molar-refractivity contribution < 1.29 is 0 Å². The number of hydrogen-bond donors (Lipinski definition) is 0. The zero-order chi connectivity index (χ0) is 12.1. The molecule has 0 heterocycles. The quantitative estimate of drug-likeness (QED) is 0.570. The number of hydrogen-bond acceptors (Lipinski definition) is 0. The van der Waals surface area contributed by atoms with Crippen LogP contribution in [0, 0.1) is 11.3 Å². The number of halogens is 1. The average molecular weight is 227 g/mol. The second-order valence-corrected chi connectivity index (χ2v) is 5.53. The smallest absolute Gasteiger partial charge is 0.0337 e. The van der Waals surface area contributed by atoms with Gasteiger partial charge in [-0.05, 0) is 23.0 Å². The number of allylic oxidation sites excluding steroid dienone is 5. The molecule has 0 rings (SSSR count). The second-order valence-electron chi connectivity index (χ2n) is 5.04. The normalized spacial score (nSPS) is 15.7. The van der Waals surface area contributed by atoms with Crippen molar-refractivity contribution in [3.8, 4) is 0 Å². The molecule has 0 aromatic rings. The van der Waals surface area contributed by atoms with Crippen LogP contribution < -0.4 is 0 Å². The lowest BCUT2D eigenvalue weighted by atomic mass is 9.85. The lowest BCUT2D eigenvalue weighted by molar-refractivity contribution is 0.516. The molecule has 0 saturated heterocycles. The van der Waals surface area contributed by atoms with Gasteiger partial charge in [0.2, 0.25) is 0 Å². The van der Waals surface area contributed by atoms with Crippen molar-refractivity contribution in [1.29, 1.82) is 0 Å². The minimum Gasteiger partial charge on any atom is -0.0850 e. The third-order valence-corrected chi connectivity index (χ3v) is 2.54. The Morgan fingerprint density at radius 1 is 1.40 bits per heavy atom. The highest BCUT2D eigenvalue weighted by Crippen LogP contribution is 2.28. The van der Waals surface area contributed by atoms with Gasteiger partial charge in [0.25, 0.3) is 0 Å². The second kappa shape index (κ2) is 6.17. The molecular weight excluding hydrogens is 204 g/mol. The van der Waals surface area contributed by atoms with E-state index in [4.69, 9.17) is 11.6 Å². The van der Waals surface area contributed by atoms with Crippen molar-refractivity contribution in [2.75, 3.05) is 0 Å². The zero-order valence-corrected chi connectivity index (χ0v) is 11.4. The van der Waals surface area contributed by atoms with E-state index in [2.05, 4.69) is 53.3 Å². The molecule has 86 valence electrons.